The molecule has 1 amide bonds. The molecule has 1 aliphatic heterocycles. The topological polar surface area (TPSA) is 66.9 Å². The van der Waals surface area contributed by atoms with Gasteiger partial charge in [-0.25, -0.2) is 9.97 Å². The van der Waals surface area contributed by atoms with Crippen molar-refractivity contribution >= 4 is 34.9 Å². The van der Waals surface area contributed by atoms with Crippen LogP contribution in [0.15, 0.2) is 6.33 Å². The van der Waals surface area contributed by atoms with Crippen molar-refractivity contribution in [3.05, 3.63) is 16.5 Å². The number of nitrogens with one attached hydrogen (secondary N) is 2. The largest absolute Gasteiger partial charge is 0.316 e. The Bertz CT molecular complexity index is 460. The first kappa shape index (κ1) is 13.5. The molecule has 1 atom stereocenters. The van der Waals surface area contributed by atoms with Gasteiger partial charge in [0.2, 0.25) is 5.91 Å². The highest BCUT2D eigenvalue weighted by molar-refractivity contribution is 6.42. The molecule has 1 unspecified atom stereocenters. The molecule has 0 aromatic carbocycles. The molecule has 0 radical (unpaired) electrons. The predicted octanol–water partition coefficient (Wildman–Crippen LogP) is 2.11. The van der Waals surface area contributed by atoms with Crippen LogP contribution in [0.4, 0.5) is 5.82 Å². The van der Waals surface area contributed by atoms with E-state index in [0.29, 0.717) is 6.54 Å². The number of carbonyl (C=O) groups excluding carboxylic acids is 1. The van der Waals surface area contributed by atoms with E-state index in [0.717, 1.165) is 19.4 Å². The minimum Gasteiger partial charge on any atom is -0.316 e. The summed E-state index contributed by atoms with van der Waals surface area (Å²) in [4.78, 5) is 20.0. The monoisotopic (exact) mass is 288 g/mol. The van der Waals surface area contributed by atoms with Crippen molar-refractivity contribution in [2.75, 3.05) is 18.4 Å². The van der Waals surface area contributed by atoms with Gasteiger partial charge in [-0.2, -0.15) is 0 Å². The minimum atomic E-state index is -0.388. The Morgan fingerprint density at radius 2 is 2.33 bits per heavy atom. The fourth-order valence-electron chi connectivity index (χ4n) is 2.08. The van der Waals surface area contributed by atoms with Gasteiger partial charge >= 0.3 is 0 Å². The molecule has 2 N–H and O–H groups in total. The summed E-state index contributed by atoms with van der Waals surface area (Å²) in [5, 5.41) is 6.25. The van der Waals surface area contributed by atoms with E-state index in [9.17, 15) is 4.79 Å². The highest BCUT2D eigenvalue weighted by Gasteiger charge is 2.39. The summed E-state index contributed by atoms with van der Waals surface area (Å²) in [6.07, 6.45) is 2.85. The summed E-state index contributed by atoms with van der Waals surface area (Å²) >= 11 is 11.7. The molecule has 1 aromatic rings. The van der Waals surface area contributed by atoms with E-state index in [1.807, 2.05) is 6.92 Å². The Kier molecular flexibility index (Phi) is 4.04. The van der Waals surface area contributed by atoms with E-state index in [-0.39, 0.29) is 27.3 Å². The second-order valence-corrected chi connectivity index (χ2v) is 5.08. The third-order valence-electron chi connectivity index (χ3n) is 3.38. The van der Waals surface area contributed by atoms with Crippen molar-refractivity contribution in [2.45, 2.75) is 19.8 Å². The standard InChI is InChI=1S/C11H14Cl2N4O/c1-2-11(3-4-14-5-11)10(18)17-9-7(12)8(13)15-6-16-9/h6,14H,2-5H2,1H3,(H,15,16,17,18). The lowest BCUT2D eigenvalue weighted by atomic mass is 9.83. The fraction of sp³-hybridized carbons (Fsp3) is 0.545. The molecule has 18 heavy (non-hydrogen) atoms. The van der Waals surface area contributed by atoms with Gasteiger partial charge in [-0.1, -0.05) is 30.1 Å². The zero-order valence-corrected chi connectivity index (χ0v) is 11.5. The van der Waals surface area contributed by atoms with Gasteiger partial charge in [0, 0.05) is 6.54 Å². The van der Waals surface area contributed by atoms with Gasteiger partial charge in [-0.15, -0.1) is 0 Å². The summed E-state index contributed by atoms with van der Waals surface area (Å²) in [7, 11) is 0. The smallest absolute Gasteiger partial charge is 0.233 e. The van der Waals surface area contributed by atoms with Gasteiger partial charge in [0.1, 0.15) is 11.3 Å². The van der Waals surface area contributed by atoms with Crippen LogP contribution < -0.4 is 10.6 Å². The Balaban J connectivity index is 2.18. The molecule has 2 rings (SSSR count). The number of halogens is 2. The van der Waals surface area contributed by atoms with Crippen molar-refractivity contribution in [1.29, 1.82) is 0 Å². The molecule has 0 spiro atoms. The van der Waals surface area contributed by atoms with Crippen molar-refractivity contribution in [1.82, 2.24) is 15.3 Å². The van der Waals surface area contributed by atoms with E-state index >= 15 is 0 Å². The van der Waals surface area contributed by atoms with Crippen LogP contribution >= 0.6 is 23.2 Å². The normalized spacial score (nSPS) is 23.1. The van der Waals surface area contributed by atoms with Gasteiger partial charge in [0.25, 0.3) is 0 Å². The zero-order chi connectivity index (χ0) is 13.2. The fourth-order valence-corrected chi connectivity index (χ4v) is 2.35. The Morgan fingerprint density at radius 3 is 2.94 bits per heavy atom. The van der Waals surface area contributed by atoms with Crippen LogP contribution in [0, 0.1) is 5.41 Å². The quantitative estimate of drug-likeness (QED) is 0.836. The summed E-state index contributed by atoms with van der Waals surface area (Å²) in [5.74, 6) is 0.188. The number of amides is 1. The molecule has 5 nitrogen and oxygen atoms in total. The van der Waals surface area contributed by atoms with Crippen LogP contribution in [0.3, 0.4) is 0 Å². The summed E-state index contributed by atoms with van der Waals surface area (Å²) < 4.78 is 0. The van der Waals surface area contributed by atoms with Crippen molar-refractivity contribution < 1.29 is 4.79 Å². The van der Waals surface area contributed by atoms with Crippen molar-refractivity contribution in [3.63, 3.8) is 0 Å². The molecule has 1 fully saturated rings. The number of rotatable bonds is 3. The van der Waals surface area contributed by atoms with Crippen LogP contribution in [0.1, 0.15) is 19.8 Å². The minimum absolute atomic E-state index is 0.0772. The molecular weight excluding hydrogens is 275 g/mol. The molecule has 1 aliphatic rings. The van der Waals surface area contributed by atoms with Crippen LogP contribution in [0.2, 0.25) is 10.2 Å². The SMILES string of the molecule is CCC1(C(=O)Nc2ncnc(Cl)c2Cl)CCNC1. The average Bonchev–Trinajstić information content (AvgIpc) is 2.85. The highest BCUT2D eigenvalue weighted by Crippen LogP contribution is 2.32. The van der Waals surface area contributed by atoms with Gasteiger partial charge in [-0.05, 0) is 19.4 Å². The first-order chi connectivity index (χ1) is 8.59. The third-order valence-corrected chi connectivity index (χ3v) is 4.12. The summed E-state index contributed by atoms with van der Waals surface area (Å²) in [5.41, 5.74) is -0.388. The van der Waals surface area contributed by atoms with Crippen LogP contribution in [0.25, 0.3) is 0 Å². The second kappa shape index (κ2) is 5.38. The lowest BCUT2D eigenvalue weighted by Crippen LogP contribution is -2.37. The number of hydrogen-bond acceptors (Lipinski definition) is 4. The van der Waals surface area contributed by atoms with Crippen LogP contribution in [0.5, 0.6) is 0 Å². The van der Waals surface area contributed by atoms with Crippen LogP contribution in [-0.4, -0.2) is 29.0 Å². The third kappa shape index (κ3) is 2.43. The molecular formula is C11H14Cl2N4O. The number of anilines is 1. The molecule has 0 saturated carbocycles. The highest BCUT2D eigenvalue weighted by atomic mass is 35.5. The molecule has 2 heterocycles. The zero-order valence-electron chi connectivity index (χ0n) is 9.96. The molecule has 7 heteroatoms. The van der Waals surface area contributed by atoms with Gasteiger partial charge in [-0.3, -0.25) is 4.79 Å². The lowest BCUT2D eigenvalue weighted by Gasteiger charge is -2.25. The van der Waals surface area contributed by atoms with E-state index in [1.54, 1.807) is 0 Å². The lowest BCUT2D eigenvalue weighted by molar-refractivity contribution is -0.124. The molecule has 1 aromatic heterocycles. The maximum Gasteiger partial charge on any atom is 0.233 e. The van der Waals surface area contributed by atoms with E-state index in [4.69, 9.17) is 23.2 Å². The summed E-state index contributed by atoms with van der Waals surface area (Å²) in [6, 6.07) is 0. The first-order valence-corrected chi connectivity index (χ1v) is 6.53. The number of aromatic nitrogens is 2. The Labute approximate surface area is 115 Å². The van der Waals surface area contributed by atoms with Gasteiger partial charge in [0.15, 0.2) is 11.0 Å². The Hall–Kier alpha value is -0.910. The molecule has 1 saturated heterocycles. The van der Waals surface area contributed by atoms with E-state index in [1.165, 1.54) is 6.33 Å². The van der Waals surface area contributed by atoms with Crippen molar-refractivity contribution in [2.24, 2.45) is 5.41 Å². The maximum atomic E-state index is 12.3. The number of carbonyl (C=O) groups is 1. The van der Waals surface area contributed by atoms with E-state index < -0.39 is 0 Å². The predicted molar refractivity (Wildman–Crippen MR) is 70.9 cm³/mol. The van der Waals surface area contributed by atoms with Crippen molar-refractivity contribution in [3.8, 4) is 0 Å². The Morgan fingerprint density at radius 1 is 1.56 bits per heavy atom. The van der Waals surface area contributed by atoms with Gasteiger partial charge in [0.05, 0.1) is 5.41 Å². The maximum absolute atomic E-state index is 12.3. The first-order valence-electron chi connectivity index (χ1n) is 5.77. The molecule has 0 aliphatic carbocycles. The number of hydrogen-bond donors (Lipinski definition) is 2. The van der Waals surface area contributed by atoms with Gasteiger partial charge < -0.3 is 10.6 Å². The average molecular weight is 289 g/mol. The van der Waals surface area contributed by atoms with Crippen LogP contribution in [-0.2, 0) is 4.79 Å². The summed E-state index contributed by atoms with van der Waals surface area (Å²) in [6.45, 7) is 3.52. The molecule has 98 valence electrons. The van der Waals surface area contributed by atoms with E-state index in [2.05, 4.69) is 20.6 Å². The number of nitrogens with zero attached hydrogens (tertiary/aromatic N) is 2. The second-order valence-electron chi connectivity index (χ2n) is 4.34. The molecule has 0 bridgehead atoms.